The Morgan fingerprint density at radius 3 is 0.793 bits per heavy atom. The molecule has 0 aliphatic rings. The molecule has 0 saturated carbocycles. The van der Waals surface area contributed by atoms with Crippen LogP contribution in [0, 0.1) is 0 Å². The van der Waals surface area contributed by atoms with Crippen LogP contribution in [-0.4, -0.2) is 37.2 Å². The first-order valence-corrected chi connectivity index (χ1v) is 34.2. The van der Waals surface area contributed by atoms with E-state index in [4.69, 9.17) is 14.2 Å². The number of ether oxygens (including phenoxy) is 3. The van der Waals surface area contributed by atoms with E-state index in [-0.39, 0.29) is 37.5 Å². The van der Waals surface area contributed by atoms with Gasteiger partial charge in [-0.25, -0.2) is 0 Å². The Labute approximate surface area is 506 Å². The summed E-state index contributed by atoms with van der Waals surface area (Å²) in [6.45, 7) is 6.42. The van der Waals surface area contributed by atoms with Crippen LogP contribution in [0.4, 0.5) is 0 Å². The molecule has 1 unspecified atom stereocenters. The molecule has 0 heterocycles. The minimum Gasteiger partial charge on any atom is -0.462 e. The maximum absolute atomic E-state index is 12.9. The van der Waals surface area contributed by atoms with Crippen molar-refractivity contribution in [3.05, 3.63) is 134 Å². The van der Waals surface area contributed by atoms with E-state index in [1.807, 2.05) is 0 Å². The standard InChI is InChI=1S/C76H126O6/c1-4-7-10-13-16-18-20-22-24-26-28-30-32-34-36-38-40-42-44-46-48-50-52-54-56-58-60-63-66-69-75(78)81-72-73(71-80-74(77)68-65-62-15-12-9-6-3)82-76(79)70-67-64-61-59-57-55-53-51-49-47-45-43-41-39-37-35-33-31-29-27-25-23-21-19-17-14-11-8-5-2/h7,10,16,18,21-24,27-30,34,36,40,42,46,48,52,54,58,60,73H,4-6,8-9,11-15,17,19-20,25-26,31-33,35,37-39,41,43-45,47,49-51,53,55-57,59,61-72H2,1-3H3/b10-7-,18-16-,23-21-,24-22-,29-27-,30-28-,36-34-,42-40-,48-46-,54-52-,60-58-. The van der Waals surface area contributed by atoms with Gasteiger partial charge in [-0.3, -0.25) is 14.4 Å². The van der Waals surface area contributed by atoms with E-state index in [0.29, 0.717) is 19.3 Å². The molecule has 6 heteroatoms. The van der Waals surface area contributed by atoms with Gasteiger partial charge in [0.25, 0.3) is 0 Å². The van der Waals surface area contributed by atoms with E-state index >= 15 is 0 Å². The molecule has 1 atom stereocenters. The van der Waals surface area contributed by atoms with Crippen molar-refractivity contribution in [1.29, 1.82) is 0 Å². The number of carbonyl (C=O) groups excluding carboxylic acids is 3. The van der Waals surface area contributed by atoms with E-state index in [1.165, 1.54) is 154 Å². The van der Waals surface area contributed by atoms with Crippen LogP contribution < -0.4 is 0 Å². The second kappa shape index (κ2) is 69.0. The molecule has 0 rings (SSSR count). The summed E-state index contributed by atoms with van der Waals surface area (Å²) in [5.74, 6) is -0.965. The van der Waals surface area contributed by atoms with Gasteiger partial charge in [0.15, 0.2) is 6.10 Å². The van der Waals surface area contributed by atoms with Crippen LogP contribution in [0.15, 0.2) is 134 Å². The third-order valence-electron chi connectivity index (χ3n) is 14.4. The fourth-order valence-corrected chi connectivity index (χ4v) is 9.30. The fraction of sp³-hybridized carbons (Fsp3) is 0.671. The topological polar surface area (TPSA) is 78.9 Å². The van der Waals surface area contributed by atoms with Crippen LogP contribution in [0.3, 0.4) is 0 Å². The predicted octanol–water partition coefficient (Wildman–Crippen LogP) is 23.7. The highest BCUT2D eigenvalue weighted by Crippen LogP contribution is 2.16. The van der Waals surface area contributed by atoms with E-state index in [1.54, 1.807) is 0 Å². The van der Waals surface area contributed by atoms with Gasteiger partial charge in [0, 0.05) is 19.3 Å². The number of unbranched alkanes of at least 4 members (excludes halogenated alkanes) is 28. The maximum Gasteiger partial charge on any atom is 0.306 e. The number of hydrogen-bond donors (Lipinski definition) is 0. The molecular formula is C76H126O6. The summed E-state index contributed by atoms with van der Waals surface area (Å²) < 4.78 is 16.8. The molecule has 0 radical (unpaired) electrons. The van der Waals surface area contributed by atoms with E-state index in [9.17, 15) is 14.4 Å². The molecule has 0 aliphatic carbocycles. The lowest BCUT2D eigenvalue weighted by atomic mass is 10.0. The van der Waals surface area contributed by atoms with Crippen molar-refractivity contribution in [3.8, 4) is 0 Å². The van der Waals surface area contributed by atoms with Gasteiger partial charge < -0.3 is 14.2 Å². The van der Waals surface area contributed by atoms with Gasteiger partial charge in [0.1, 0.15) is 13.2 Å². The van der Waals surface area contributed by atoms with E-state index < -0.39 is 6.10 Å². The number of allylic oxidation sites excluding steroid dienone is 22. The molecule has 466 valence electrons. The van der Waals surface area contributed by atoms with Crippen molar-refractivity contribution in [2.75, 3.05) is 13.2 Å². The molecule has 0 spiro atoms. The monoisotopic (exact) mass is 1130 g/mol. The van der Waals surface area contributed by atoms with Gasteiger partial charge in [-0.15, -0.1) is 0 Å². The van der Waals surface area contributed by atoms with Gasteiger partial charge in [-0.1, -0.05) is 309 Å². The average Bonchev–Trinajstić information content (AvgIpc) is 3.47. The normalized spacial score (nSPS) is 13.0. The van der Waals surface area contributed by atoms with Gasteiger partial charge >= 0.3 is 17.9 Å². The van der Waals surface area contributed by atoms with Crippen LogP contribution in [0.5, 0.6) is 0 Å². The molecule has 0 bridgehead atoms. The first kappa shape index (κ1) is 77.5. The van der Waals surface area contributed by atoms with Gasteiger partial charge in [0.05, 0.1) is 0 Å². The molecule has 0 aromatic carbocycles. The number of esters is 3. The van der Waals surface area contributed by atoms with Gasteiger partial charge in [0.2, 0.25) is 0 Å². The van der Waals surface area contributed by atoms with Crippen LogP contribution in [0.2, 0.25) is 0 Å². The second-order valence-electron chi connectivity index (χ2n) is 22.4. The SMILES string of the molecule is CC/C=C\C/C=C\C/C=C\C/C=C\C/C=C\C/C=C\C/C=C\C/C=C\C/C=C\CCCC(=O)OCC(COC(=O)CCCCCCCC)OC(=O)CCCCCCCCCCCCCCCCCCC/C=C\C/C=C\CCCCCCC. The summed E-state index contributed by atoms with van der Waals surface area (Å²) in [6, 6.07) is 0. The maximum atomic E-state index is 12.9. The lowest BCUT2D eigenvalue weighted by Crippen LogP contribution is -2.30. The summed E-state index contributed by atoms with van der Waals surface area (Å²) >= 11 is 0. The number of rotatable bonds is 61. The molecule has 0 N–H and O–H groups in total. The summed E-state index contributed by atoms with van der Waals surface area (Å²) in [6.07, 6.45) is 98.1. The smallest absolute Gasteiger partial charge is 0.306 e. The Kier molecular flexibility index (Phi) is 65.3. The average molecular weight is 1140 g/mol. The molecule has 0 amide bonds. The Morgan fingerprint density at radius 2 is 0.488 bits per heavy atom. The highest BCUT2D eigenvalue weighted by molar-refractivity contribution is 5.71. The summed E-state index contributed by atoms with van der Waals surface area (Å²) in [7, 11) is 0. The lowest BCUT2D eigenvalue weighted by Gasteiger charge is -2.18. The quantitative estimate of drug-likeness (QED) is 0.0261. The summed E-state index contributed by atoms with van der Waals surface area (Å²) in [4.78, 5) is 38.1. The van der Waals surface area contributed by atoms with E-state index in [0.717, 1.165) is 109 Å². The fourth-order valence-electron chi connectivity index (χ4n) is 9.30. The van der Waals surface area contributed by atoms with Crippen molar-refractivity contribution < 1.29 is 28.6 Å². The highest BCUT2D eigenvalue weighted by Gasteiger charge is 2.19. The number of hydrogen-bond acceptors (Lipinski definition) is 6. The minimum atomic E-state index is -0.802. The zero-order chi connectivity index (χ0) is 59.2. The minimum absolute atomic E-state index is 0.0974. The second-order valence-corrected chi connectivity index (χ2v) is 22.4. The van der Waals surface area contributed by atoms with Crippen LogP contribution in [-0.2, 0) is 28.6 Å². The van der Waals surface area contributed by atoms with Gasteiger partial charge in [-0.2, -0.15) is 0 Å². The van der Waals surface area contributed by atoms with Crippen molar-refractivity contribution in [3.63, 3.8) is 0 Å². The molecule has 0 fully saturated rings. The third-order valence-corrected chi connectivity index (χ3v) is 14.4. The Balaban J connectivity index is 4.16. The molecule has 0 saturated heterocycles. The molecule has 0 aromatic heterocycles. The Morgan fingerprint density at radius 1 is 0.256 bits per heavy atom. The Bertz CT molecular complexity index is 1730. The van der Waals surface area contributed by atoms with Crippen molar-refractivity contribution in [2.45, 2.75) is 316 Å². The molecule has 6 nitrogen and oxygen atoms in total. The molecule has 0 aliphatic heterocycles. The zero-order valence-electron chi connectivity index (χ0n) is 53.5. The number of carbonyl (C=O) groups is 3. The van der Waals surface area contributed by atoms with Crippen molar-refractivity contribution in [2.24, 2.45) is 0 Å². The lowest BCUT2D eigenvalue weighted by molar-refractivity contribution is -0.167. The van der Waals surface area contributed by atoms with Crippen LogP contribution >= 0.6 is 0 Å². The van der Waals surface area contributed by atoms with Crippen LogP contribution in [0.25, 0.3) is 0 Å². The van der Waals surface area contributed by atoms with Gasteiger partial charge in [-0.05, 0) is 116 Å². The molecule has 82 heavy (non-hydrogen) atoms. The largest absolute Gasteiger partial charge is 0.462 e. The zero-order valence-corrected chi connectivity index (χ0v) is 53.5. The van der Waals surface area contributed by atoms with E-state index in [2.05, 4.69) is 154 Å². The van der Waals surface area contributed by atoms with Crippen LogP contribution in [0.1, 0.15) is 310 Å². The molecular weight excluding hydrogens is 1010 g/mol. The Hall–Kier alpha value is -4.45. The van der Waals surface area contributed by atoms with Crippen molar-refractivity contribution in [1.82, 2.24) is 0 Å². The van der Waals surface area contributed by atoms with Crippen molar-refractivity contribution >= 4 is 17.9 Å². The molecule has 0 aromatic rings. The highest BCUT2D eigenvalue weighted by atomic mass is 16.6. The predicted molar refractivity (Wildman–Crippen MR) is 357 cm³/mol. The third kappa shape index (κ3) is 66.4. The summed E-state index contributed by atoms with van der Waals surface area (Å²) in [5, 5.41) is 0. The first-order valence-electron chi connectivity index (χ1n) is 34.2. The first-order chi connectivity index (χ1) is 40.5. The summed E-state index contributed by atoms with van der Waals surface area (Å²) in [5.41, 5.74) is 0.